The molecule has 17 heavy (non-hydrogen) atoms. The second-order valence-corrected chi connectivity index (χ2v) is 4.86. The number of aromatic nitrogens is 1. The summed E-state index contributed by atoms with van der Waals surface area (Å²) in [6.45, 7) is 1.91. The van der Waals surface area contributed by atoms with Gasteiger partial charge in [-0.25, -0.2) is 0 Å². The van der Waals surface area contributed by atoms with Gasteiger partial charge in [0.1, 0.15) is 0 Å². The molecule has 1 heterocycles. The largest absolute Gasteiger partial charge is 0.311 e. The molecule has 1 aromatic heterocycles. The predicted octanol–water partition coefficient (Wildman–Crippen LogP) is 3.50. The summed E-state index contributed by atoms with van der Waals surface area (Å²) < 4.78 is 0. The van der Waals surface area contributed by atoms with Crippen LogP contribution in [0.2, 0.25) is 0 Å². The Morgan fingerprint density at radius 1 is 1.06 bits per heavy atom. The highest BCUT2D eigenvalue weighted by Gasteiger charge is 1.97. The van der Waals surface area contributed by atoms with Crippen LogP contribution in [0.25, 0.3) is 10.9 Å². The number of fused-ring (bicyclic) bond motifs is 1. The van der Waals surface area contributed by atoms with Gasteiger partial charge in [-0.15, -0.1) is 0 Å². The molecule has 0 atom stereocenters. The maximum Gasteiger partial charge on any atom is 0.0705 e. The fourth-order valence-electron chi connectivity index (χ4n) is 1.77. The molecule has 90 valence electrons. The number of pyridine rings is 1. The number of halogens is 1. The van der Waals surface area contributed by atoms with Gasteiger partial charge >= 0.3 is 0 Å². The van der Waals surface area contributed by atoms with Crippen molar-refractivity contribution in [3.05, 3.63) is 42.1 Å². The molecule has 0 saturated carbocycles. The third kappa shape index (κ3) is 3.79. The molecule has 2 aromatic rings. The van der Waals surface area contributed by atoms with Gasteiger partial charge in [0.15, 0.2) is 0 Å². The van der Waals surface area contributed by atoms with Gasteiger partial charge < -0.3 is 5.32 Å². The molecular formula is C14H17BrN2. The van der Waals surface area contributed by atoms with Crippen molar-refractivity contribution < 1.29 is 0 Å². The zero-order chi connectivity index (χ0) is 11.9. The van der Waals surface area contributed by atoms with Gasteiger partial charge in [-0.2, -0.15) is 0 Å². The van der Waals surface area contributed by atoms with Crippen LogP contribution >= 0.6 is 15.9 Å². The Morgan fingerprint density at radius 2 is 1.94 bits per heavy atom. The molecule has 0 radical (unpaired) electrons. The van der Waals surface area contributed by atoms with Crippen LogP contribution < -0.4 is 5.32 Å². The lowest BCUT2D eigenvalue weighted by Gasteiger charge is -2.05. The Kier molecular flexibility index (Phi) is 4.95. The number of para-hydroxylation sites is 1. The zero-order valence-electron chi connectivity index (χ0n) is 9.82. The SMILES string of the molecule is BrCCCCNCc1ccc2ccccc2n1. The average molecular weight is 293 g/mol. The van der Waals surface area contributed by atoms with Crippen molar-refractivity contribution in [3.8, 4) is 0 Å². The average Bonchev–Trinajstić information content (AvgIpc) is 2.38. The number of unbranched alkanes of at least 4 members (excludes halogenated alkanes) is 1. The number of benzene rings is 1. The Balaban J connectivity index is 1.90. The minimum absolute atomic E-state index is 0.854. The van der Waals surface area contributed by atoms with Crippen molar-refractivity contribution in [1.29, 1.82) is 0 Å². The van der Waals surface area contributed by atoms with Crippen LogP contribution in [0.5, 0.6) is 0 Å². The second-order valence-electron chi connectivity index (χ2n) is 4.07. The van der Waals surface area contributed by atoms with Crippen LogP contribution in [0.1, 0.15) is 18.5 Å². The smallest absolute Gasteiger partial charge is 0.0705 e. The van der Waals surface area contributed by atoms with Crippen molar-refractivity contribution in [2.24, 2.45) is 0 Å². The van der Waals surface area contributed by atoms with Crippen molar-refractivity contribution >= 4 is 26.8 Å². The molecule has 0 aliphatic rings. The van der Waals surface area contributed by atoms with E-state index in [1.165, 1.54) is 18.2 Å². The second kappa shape index (κ2) is 6.72. The summed E-state index contributed by atoms with van der Waals surface area (Å²) in [4.78, 5) is 4.62. The zero-order valence-corrected chi connectivity index (χ0v) is 11.4. The maximum atomic E-state index is 4.62. The Hall–Kier alpha value is -0.930. The first-order valence-corrected chi connectivity index (χ1v) is 7.13. The van der Waals surface area contributed by atoms with Gasteiger partial charge in [-0.3, -0.25) is 4.98 Å². The fraction of sp³-hybridized carbons (Fsp3) is 0.357. The van der Waals surface area contributed by atoms with Crippen molar-refractivity contribution in [3.63, 3.8) is 0 Å². The monoisotopic (exact) mass is 292 g/mol. The number of nitrogens with one attached hydrogen (secondary N) is 1. The normalized spacial score (nSPS) is 10.9. The molecule has 0 aliphatic heterocycles. The molecule has 0 spiro atoms. The summed E-state index contributed by atoms with van der Waals surface area (Å²) in [5, 5.41) is 5.71. The summed E-state index contributed by atoms with van der Waals surface area (Å²) in [7, 11) is 0. The van der Waals surface area contributed by atoms with E-state index in [4.69, 9.17) is 0 Å². The lowest BCUT2D eigenvalue weighted by Crippen LogP contribution is -2.15. The Morgan fingerprint density at radius 3 is 2.82 bits per heavy atom. The third-order valence-electron chi connectivity index (χ3n) is 2.70. The number of rotatable bonds is 6. The molecule has 0 fully saturated rings. The quantitative estimate of drug-likeness (QED) is 0.651. The van der Waals surface area contributed by atoms with Gasteiger partial charge in [0.2, 0.25) is 0 Å². The van der Waals surface area contributed by atoms with Gasteiger partial charge in [-0.05, 0) is 31.5 Å². The predicted molar refractivity (Wildman–Crippen MR) is 76.5 cm³/mol. The lowest BCUT2D eigenvalue weighted by molar-refractivity contribution is 0.637. The van der Waals surface area contributed by atoms with E-state index in [1.807, 2.05) is 12.1 Å². The van der Waals surface area contributed by atoms with Gasteiger partial charge in [0.05, 0.1) is 11.2 Å². The summed E-state index contributed by atoms with van der Waals surface area (Å²) in [5.74, 6) is 0. The summed E-state index contributed by atoms with van der Waals surface area (Å²) >= 11 is 3.43. The van der Waals surface area contributed by atoms with E-state index >= 15 is 0 Å². The van der Waals surface area contributed by atoms with Crippen molar-refractivity contribution in [2.75, 3.05) is 11.9 Å². The highest BCUT2D eigenvalue weighted by atomic mass is 79.9. The van der Waals surface area contributed by atoms with E-state index in [-0.39, 0.29) is 0 Å². The first kappa shape index (κ1) is 12.5. The minimum atomic E-state index is 0.854. The minimum Gasteiger partial charge on any atom is -0.311 e. The van der Waals surface area contributed by atoms with E-state index in [2.05, 4.69) is 50.5 Å². The molecule has 0 unspecified atom stereocenters. The molecule has 1 N–H and O–H groups in total. The molecule has 0 bridgehead atoms. The summed E-state index contributed by atoms with van der Waals surface area (Å²) in [6, 6.07) is 12.5. The maximum absolute atomic E-state index is 4.62. The highest BCUT2D eigenvalue weighted by molar-refractivity contribution is 9.09. The van der Waals surface area contributed by atoms with E-state index in [0.717, 1.165) is 29.6 Å². The number of nitrogens with zero attached hydrogens (tertiary/aromatic N) is 1. The first-order chi connectivity index (χ1) is 8.40. The molecule has 3 heteroatoms. The van der Waals surface area contributed by atoms with Crippen LogP contribution in [-0.2, 0) is 6.54 Å². The van der Waals surface area contributed by atoms with Crippen LogP contribution in [-0.4, -0.2) is 16.9 Å². The number of hydrogen-bond donors (Lipinski definition) is 1. The lowest BCUT2D eigenvalue weighted by atomic mass is 10.2. The van der Waals surface area contributed by atoms with Gasteiger partial charge in [-0.1, -0.05) is 40.2 Å². The molecule has 1 aromatic carbocycles. The topological polar surface area (TPSA) is 24.9 Å². The molecule has 0 saturated heterocycles. The van der Waals surface area contributed by atoms with Crippen LogP contribution in [0.15, 0.2) is 36.4 Å². The molecule has 2 rings (SSSR count). The molecule has 2 nitrogen and oxygen atoms in total. The van der Waals surface area contributed by atoms with E-state index in [0.29, 0.717) is 0 Å². The fourth-order valence-corrected chi connectivity index (χ4v) is 2.16. The Labute approximate surface area is 111 Å². The highest BCUT2D eigenvalue weighted by Crippen LogP contribution is 2.11. The number of hydrogen-bond acceptors (Lipinski definition) is 2. The number of alkyl halides is 1. The van der Waals surface area contributed by atoms with Gasteiger partial charge in [0, 0.05) is 17.3 Å². The molecule has 0 amide bonds. The van der Waals surface area contributed by atoms with E-state index in [1.54, 1.807) is 0 Å². The van der Waals surface area contributed by atoms with Crippen molar-refractivity contribution in [1.82, 2.24) is 10.3 Å². The van der Waals surface area contributed by atoms with E-state index in [9.17, 15) is 0 Å². The van der Waals surface area contributed by atoms with Crippen LogP contribution in [0.3, 0.4) is 0 Å². The molecule has 0 aliphatic carbocycles. The summed E-state index contributed by atoms with van der Waals surface area (Å²) in [5.41, 5.74) is 2.19. The van der Waals surface area contributed by atoms with Crippen molar-refractivity contribution in [2.45, 2.75) is 19.4 Å². The van der Waals surface area contributed by atoms with E-state index < -0.39 is 0 Å². The first-order valence-electron chi connectivity index (χ1n) is 6.01. The standard InChI is InChI=1S/C14H17BrN2/c15-9-3-4-10-16-11-13-8-7-12-5-1-2-6-14(12)17-13/h1-2,5-8,16H,3-4,9-11H2. The Bertz CT molecular complexity index is 470. The third-order valence-corrected chi connectivity index (χ3v) is 3.26. The van der Waals surface area contributed by atoms with Crippen LogP contribution in [0, 0.1) is 0 Å². The summed E-state index contributed by atoms with van der Waals surface area (Å²) in [6.07, 6.45) is 2.43. The molecular weight excluding hydrogens is 276 g/mol. The van der Waals surface area contributed by atoms with Gasteiger partial charge in [0.25, 0.3) is 0 Å². The van der Waals surface area contributed by atoms with Crippen LogP contribution in [0.4, 0.5) is 0 Å².